The lowest BCUT2D eigenvalue weighted by molar-refractivity contribution is -0.140. The van der Waals surface area contributed by atoms with Crippen LogP contribution in [0.2, 0.25) is 0 Å². The SMILES string of the molecule is O=C(Nc1ccc2c(c1)CC1CN(c3ncc(F)cn3)CCN21)C(=O)c1[nH]c(C(F)(F)F)cc1-c1ccccc1. The second-order valence-electron chi connectivity index (χ2n) is 9.66. The Balaban J connectivity index is 1.19. The lowest BCUT2D eigenvalue weighted by Crippen LogP contribution is -2.52. The third kappa shape index (κ3) is 4.76. The number of benzene rings is 2. The Bertz CT molecular complexity index is 1590. The monoisotopic (exact) mass is 550 g/mol. The molecule has 0 saturated carbocycles. The van der Waals surface area contributed by atoms with Gasteiger partial charge in [0.25, 0.3) is 11.7 Å². The molecule has 1 atom stereocenters. The molecular formula is C28H22F4N6O2. The van der Waals surface area contributed by atoms with Crippen LogP contribution >= 0.6 is 0 Å². The summed E-state index contributed by atoms with van der Waals surface area (Å²) in [6.07, 6.45) is -1.79. The number of carbonyl (C=O) groups excluding carboxylic acids is 2. The number of rotatable bonds is 5. The number of piperazine rings is 1. The minimum absolute atomic E-state index is 0.00593. The highest BCUT2D eigenvalue weighted by molar-refractivity contribution is 6.47. The Morgan fingerprint density at radius 3 is 2.48 bits per heavy atom. The van der Waals surface area contributed by atoms with Gasteiger partial charge < -0.3 is 20.1 Å². The summed E-state index contributed by atoms with van der Waals surface area (Å²) in [4.78, 5) is 40.4. The minimum Gasteiger partial charge on any atom is -0.364 e. The molecule has 1 fully saturated rings. The molecule has 0 aliphatic carbocycles. The van der Waals surface area contributed by atoms with Gasteiger partial charge in [0, 0.05) is 36.6 Å². The average molecular weight is 551 g/mol. The van der Waals surface area contributed by atoms with Crippen molar-refractivity contribution in [3.63, 3.8) is 0 Å². The molecule has 1 saturated heterocycles. The maximum absolute atomic E-state index is 13.4. The summed E-state index contributed by atoms with van der Waals surface area (Å²) in [7, 11) is 0. The van der Waals surface area contributed by atoms with Crippen molar-refractivity contribution in [3.8, 4) is 11.1 Å². The number of fused-ring (bicyclic) bond motifs is 3. The molecule has 12 heteroatoms. The van der Waals surface area contributed by atoms with E-state index in [-0.39, 0.29) is 11.6 Å². The number of halogens is 4. The highest BCUT2D eigenvalue weighted by Crippen LogP contribution is 2.37. The van der Waals surface area contributed by atoms with E-state index in [4.69, 9.17) is 0 Å². The van der Waals surface area contributed by atoms with Crippen LogP contribution < -0.4 is 15.1 Å². The van der Waals surface area contributed by atoms with Crippen LogP contribution in [0.15, 0.2) is 67.0 Å². The summed E-state index contributed by atoms with van der Waals surface area (Å²) >= 11 is 0. The van der Waals surface area contributed by atoms with Gasteiger partial charge in [0.05, 0.1) is 18.4 Å². The lowest BCUT2D eigenvalue weighted by atomic mass is 10.0. The fraction of sp³-hybridized carbons (Fsp3) is 0.214. The maximum Gasteiger partial charge on any atom is 0.431 e. The lowest BCUT2D eigenvalue weighted by Gasteiger charge is -2.39. The topological polar surface area (TPSA) is 94.2 Å². The molecule has 8 nitrogen and oxygen atoms in total. The fourth-order valence-corrected chi connectivity index (χ4v) is 5.29. The van der Waals surface area contributed by atoms with E-state index in [1.54, 1.807) is 42.5 Å². The second-order valence-corrected chi connectivity index (χ2v) is 9.66. The van der Waals surface area contributed by atoms with E-state index >= 15 is 0 Å². The number of amides is 1. The Hall–Kier alpha value is -4.74. The van der Waals surface area contributed by atoms with Crippen LogP contribution in [0.25, 0.3) is 11.1 Å². The van der Waals surface area contributed by atoms with Gasteiger partial charge in [-0.3, -0.25) is 9.59 Å². The number of H-pyrrole nitrogens is 1. The zero-order valence-corrected chi connectivity index (χ0v) is 20.9. The van der Waals surface area contributed by atoms with Crippen LogP contribution in [-0.2, 0) is 17.4 Å². The predicted octanol–water partition coefficient (Wildman–Crippen LogP) is 4.70. The van der Waals surface area contributed by atoms with E-state index in [1.165, 1.54) is 0 Å². The number of nitrogens with zero attached hydrogens (tertiary/aromatic N) is 4. The molecule has 6 rings (SSSR count). The smallest absolute Gasteiger partial charge is 0.364 e. The van der Waals surface area contributed by atoms with Crippen molar-refractivity contribution >= 4 is 29.0 Å². The first kappa shape index (κ1) is 25.5. The minimum atomic E-state index is -4.72. The van der Waals surface area contributed by atoms with Gasteiger partial charge in [-0.15, -0.1) is 0 Å². The molecule has 4 aromatic rings. The summed E-state index contributed by atoms with van der Waals surface area (Å²) in [5, 5.41) is 2.54. The second kappa shape index (κ2) is 9.78. The predicted molar refractivity (Wildman–Crippen MR) is 140 cm³/mol. The fourth-order valence-electron chi connectivity index (χ4n) is 5.29. The molecule has 1 amide bonds. The number of carbonyl (C=O) groups is 2. The first-order valence-electron chi connectivity index (χ1n) is 12.5. The maximum atomic E-state index is 13.4. The van der Waals surface area contributed by atoms with Gasteiger partial charge in [-0.05, 0) is 41.8 Å². The third-order valence-electron chi connectivity index (χ3n) is 7.12. The summed E-state index contributed by atoms with van der Waals surface area (Å²) in [6, 6.07) is 14.3. The Labute approximate surface area is 225 Å². The molecule has 0 radical (unpaired) electrons. The highest BCUT2D eigenvalue weighted by Gasteiger charge is 2.37. The van der Waals surface area contributed by atoms with Crippen LogP contribution in [0.5, 0.6) is 0 Å². The summed E-state index contributed by atoms with van der Waals surface area (Å²) in [5.74, 6) is -2.21. The zero-order valence-electron chi connectivity index (χ0n) is 20.9. The van der Waals surface area contributed by atoms with Crippen LogP contribution in [0.3, 0.4) is 0 Å². The van der Waals surface area contributed by atoms with Crippen LogP contribution in [0.1, 0.15) is 21.7 Å². The van der Waals surface area contributed by atoms with Gasteiger partial charge in [0.1, 0.15) is 11.4 Å². The van der Waals surface area contributed by atoms with Crippen molar-refractivity contribution in [1.29, 1.82) is 0 Å². The first-order chi connectivity index (χ1) is 19.2. The number of hydrogen-bond acceptors (Lipinski definition) is 6. The quantitative estimate of drug-likeness (QED) is 0.213. The Morgan fingerprint density at radius 2 is 1.75 bits per heavy atom. The Kier molecular flexibility index (Phi) is 6.24. The molecule has 40 heavy (non-hydrogen) atoms. The largest absolute Gasteiger partial charge is 0.431 e. The van der Waals surface area contributed by atoms with Gasteiger partial charge in [-0.2, -0.15) is 13.2 Å². The summed E-state index contributed by atoms with van der Waals surface area (Å²) in [6.45, 7) is 1.96. The molecule has 2 aromatic carbocycles. The number of anilines is 3. The number of aromatic nitrogens is 3. The normalized spacial score (nSPS) is 16.4. The van der Waals surface area contributed by atoms with Gasteiger partial charge >= 0.3 is 6.18 Å². The molecule has 2 aliphatic heterocycles. The van der Waals surface area contributed by atoms with Crippen molar-refractivity contribution in [3.05, 3.63) is 89.8 Å². The molecule has 2 N–H and O–H groups in total. The van der Waals surface area contributed by atoms with E-state index in [2.05, 4.69) is 25.2 Å². The molecule has 2 aliphatic rings. The van der Waals surface area contributed by atoms with Gasteiger partial charge in [-0.25, -0.2) is 14.4 Å². The number of aromatic amines is 1. The standard InChI is InChI=1S/C28H22F4N6O2/c29-18-13-33-27(34-14-18)37-8-9-38-20(15-37)11-17-10-19(6-7-22(17)38)35-26(40)25(39)24-21(16-4-2-1-3-5-16)12-23(36-24)28(30,31)32/h1-7,10,12-14,20,36H,8-9,11,15H2,(H,35,40). The van der Waals surface area contributed by atoms with E-state index in [0.29, 0.717) is 43.3 Å². The van der Waals surface area contributed by atoms with Crippen molar-refractivity contribution in [2.45, 2.75) is 18.6 Å². The van der Waals surface area contributed by atoms with E-state index < -0.39 is 35.1 Å². The van der Waals surface area contributed by atoms with Crippen LogP contribution in [-0.4, -0.2) is 52.3 Å². The summed E-state index contributed by atoms with van der Waals surface area (Å²) in [5.41, 5.74) is 1.14. The van der Waals surface area contributed by atoms with E-state index in [9.17, 15) is 27.2 Å². The van der Waals surface area contributed by atoms with Gasteiger partial charge in [0.2, 0.25) is 5.95 Å². The molecular weight excluding hydrogens is 528 g/mol. The first-order valence-corrected chi connectivity index (χ1v) is 12.5. The molecule has 0 bridgehead atoms. The number of nitrogens with one attached hydrogen (secondary N) is 2. The molecule has 0 spiro atoms. The average Bonchev–Trinajstić information content (AvgIpc) is 3.55. The van der Waals surface area contributed by atoms with Crippen LogP contribution in [0.4, 0.5) is 34.9 Å². The van der Waals surface area contributed by atoms with Crippen molar-refractivity contribution in [2.75, 3.05) is 34.8 Å². The van der Waals surface area contributed by atoms with E-state index in [1.807, 2.05) is 11.0 Å². The van der Waals surface area contributed by atoms with Gasteiger partial charge in [0.15, 0.2) is 5.82 Å². The third-order valence-corrected chi connectivity index (χ3v) is 7.12. The summed E-state index contributed by atoms with van der Waals surface area (Å²) < 4.78 is 53.5. The van der Waals surface area contributed by atoms with Crippen molar-refractivity contribution in [1.82, 2.24) is 15.0 Å². The highest BCUT2D eigenvalue weighted by atomic mass is 19.4. The number of hydrogen-bond donors (Lipinski definition) is 2. The molecule has 2 aromatic heterocycles. The Morgan fingerprint density at radius 1 is 1.00 bits per heavy atom. The van der Waals surface area contributed by atoms with Crippen molar-refractivity contribution in [2.24, 2.45) is 0 Å². The molecule has 204 valence electrons. The van der Waals surface area contributed by atoms with Crippen LogP contribution in [0, 0.1) is 5.82 Å². The molecule has 1 unspecified atom stereocenters. The number of Topliss-reactive ketones (excluding diaryl/α,β-unsaturated/α-hetero) is 1. The molecule has 4 heterocycles. The number of alkyl halides is 3. The van der Waals surface area contributed by atoms with E-state index in [0.717, 1.165) is 29.7 Å². The number of ketones is 1. The van der Waals surface area contributed by atoms with Gasteiger partial charge in [-0.1, -0.05) is 30.3 Å². The zero-order chi connectivity index (χ0) is 28.0. The van der Waals surface area contributed by atoms with Crippen molar-refractivity contribution < 1.29 is 27.2 Å².